The zero-order valence-corrected chi connectivity index (χ0v) is 28.4. The minimum Gasteiger partial charge on any atom is -0.354 e. The van der Waals surface area contributed by atoms with Crippen LogP contribution in [0, 0.1) is 0 Å². The Labute approximate surface area is 300 Å². The molecular weight excluding hydrogens is 619 g/mol. The van der Waals surface area contributed by atoms with Gasteiger partial charge in [-0.2, -0.15) is 0 Å². The molecule has 0 saturated heterocycles. The topological polar surface area (TPSA) is 27.3 Å². The first-order valence-electron chi connectivity index (χ1n) is 17.6. The molecule has 0 aliphatic heterocycles. The SMILES string of the molecule is C1=CC(c2ccc(N(c3ccc(-c4ccccc4)cc3)c3ccc(-c4ccc(Nc5ccccc5)c(Nc5ccccc5)c4)cc3)cc2)=CCC1. The lowest BCUT2D eigenvalue weighted by atomic mass is 9.99. The van der Waals surface area contributed by atoms with Crippen LogP contribution >= 0.6 is 0 Å². The van der Waals surface area contributed by atoms with Gasteiger partial charge in [0.15, 0.2) is 0 Å². The molecule has 7 aromatic rings. The van der Waals surface area contributed by atoms with Gasteiger partial charge < -0.3 is 15.5 Å². The summed E-state index contributed by atoms with van der Waals surface area (Å²) in [6, 6.07) is 64.4. The standard InChI is InChI=1S/C48H39N3/c1-5-13-36(14-6-1)38-21-28-44(29-22-38)51(45-30-23-39(24-31-45)37-15-7-2-8-16-37)46-32-25-40(26-33-46)41-27-34-47(49-42-17-9-3-10-18-42)48(35-41)50-43-19-11-4-12-20-43/h1,3-7,9-35,49-50H,2,8H2. The average molecular weight is 658 g/mol. The second-order valence-corrected chi connectivity index (χ2v) is 12.7. The van der Waals surface area contributed by atoms with Gasteiger partial charge in [-0.05, 0) is 119 Å². The molecule has 7 aromatic carbocycles. The third-order valence-corrected chi connectivity index (χ3v) is 9.27. The molecule has 0 atom stereocenters. The van der Waals surface area contributed by atoms with Crippen molar-refractivity contribution >= 4 is 45.4 Å². The highest BCUT2D eigenvalue weighted by Crippen LogP contribution is 2.39. The molecule has 0 saturated carbocycles. The molecule has 0 spiro atoms. The third kappa shape index (κ3) is 7.39. The van der Waals surface area contributed by atoms with Gasteiger partial charge in [-0.15, -0.1) is 0 Å². The molecule has 0 fully saturated rings. The molecule has 0 aromatic heterocycles. The van der Waals surface area contributed by atoms with Gasteiger partial charge in [0.05, 0.1) is 11.4 Å². The van der Waals surface area contributed by atoms with Crippen molar-refractivity contribution in [2.24, 2.45) is 0 Å². The number of rotatable bonds is 10. The van der Waals surface area contributed by atoms with Crippen LogP contribution in [-0.2, 0) is 0 Å². The van der Waals surface area contributed by atoms with Gasteiger partial charge in [0.2, 0.25) is 0 Å². The second-order valence-electron chi connectivity index (χ2n) is 12.7. The quantitative estimate of drug-likeness (QED) is 0.153. The highest BCUT2D eigenvalue weighted by Gasteiger charge is 2.15. The van der Waals surface area contributed by atoms with Crippen molar-refractivity contribution in [3.05, 3.63) is 206 Å². The van der Waals surface area contributed by atoms with Crippen LogP contribution in [0.25, 0.3) is 27.8 Å². The lowest BCUT2D eigenvalue weighted by molar-refractivity contribution is 1.04. The molecule has 0 bridgehead atoms. The van der Waals surface area contributed by atoms with Crippen molar-refractivity contribution in [2.45, 2.75) is 12.8 Å². The van der Waals surface area contributed by atoms with Crippen LogP contribution in [0.1, 0.15) is 18.4 Å². The van der Waals surface area contributed by atoms with Crippen LogP contribution in [0.4, 0.5) is 39.8 Å². The predicted molar refractivity (Wildman–Crippen MR) is 218 cm³/mol. The van der Waals surface area contributed by atoms with Crippen LogP contribution in [0.5, 0.6) is 0 Å². The van der Waals surface area contributed by atoms with E-state index in [0.717, 1.165) is 63.8 Å². The van der Waals surface area contributed by atoms with E-state index in [1.165, 1.54) is 22.3 Å². The second kappa shape index (κ2) is 14.9. The Bertz CT molecular complexity index is 2260. The van der Waals surface area contributed by atoms with Crippen molar-refractivity contribution in [1.29, 1.82) is 0 Å². The first-order valence-corrected chi connectivity index (χ1v) is 17.6. The fraction of sp³-hybridized carbons (Fsp3) is 0.0417. The largest absolute Gasteiger partial charge is 0.354 e. The molecular formula is C48H39N3. The Kier molecular flexibility index (Phi) is 9.25. The van der Waals surface area contributed by atoms with Gasteiger partial charge in [0.25, 0.3) is 0 Å². The van der Waals surface area contributed by atoms with Gasteiger partial charge in [0, 0.05) is 28.4 Å². The van der Waals surface area contributed by atoms with E-state index in [1.54, 1.807) is 0 Å². The number of nitrogens with one attached hydrogen (secondary N) is 2. The number of anilines is 7. The Balaban J connectivity index is 1.13. The fourth-order valence-corrected chi connectivity index (χ4v) is 6.60. The molecule has 0 amide bonds. The number of nitrogens with zero attached hydrogens (tertiary/aromatic N) is 1. The molecule has 0 heterocycles. The van der Waals surface area contributed by atoms with Crippen molar-refractivity contribution in [2.75, 3.05) is 15.5 Å². The van der Waals surface area contributed by atoms with Crippen LogP contribution in [0.3, 0.4) is 0 Å². The lowest BCUT2D eigenvalue weighted by Gasteiger charge is -2.26. The molecule has 246 valence electrons. The third-order valence-electron chi connectivity index (χ3n) is 9.27. The molecule has 0 unspecified atom stereocenters. The fourth-order valence-electron chi connectivity index (χ4n) is 6.60. The van der Waals surface area contributed by atoms with Crippen LogP contribution < -0.4 is 15.5 Å². The van der Waals surface area contributed by atoms with E-state index in [9.17, 15) is 0 Å². The summed E-state index contributed by atoms with van der Waals surface area (Å²) in [5, 5.41) is 7.24. The first kappa shape index (κ1) is 31.7. The molecule has 1 aliphatic carbocycles. The monoisotopic (exact) mass is 657 g/mol. The molecule has 8 rings (SSSR count). The van der Waals surface area contributed by atoms with E-state index in [2.05, 4.69) is 179 Å². The van der Waals surface area contributed by atoms with E-state index in [1.807, 2.05) is 36.4 Å². The number of allylic oxidation sites excluding steroid dienone is 4. The van der Waals surface area contributed by atoms with Crippen molar-refractivity contribution < 1.29 is 0 Å². The maximum Gasteiger partial charge on any atom is 0.0629 e. The molecule has 2 N–H and O–H groups in total. The van der Waals surface area contributed by atoms with Crippen LogP contribution in [0.15, 0.2) is 200 Å². The number of hydrogen-bond acceptors (Lipinski definition) is 3. The molecule has 0 radical (unpaired) electrons. The van der Waals surface area contributed by atoms with Gasteiger partial charge in [0.1, 0.15) is 0 Å². The summed E-state index contributed by atoms with van der Waals surface area (Å²) in [6.07, 6.45) is 9.04. The Morgan fingerprint density at radius 3 is 1.35 bits per heavy atom. The van der Waals surface area contributed by atoms with E-state index in [-0.39, 0.29) is 0 Å². The van der Waals surface area contributed by atoms with Crippen LogP contribution in [-0.4, -0.2) is 0 Å². The zero-order chi connectivity index (χ0) is 34.2. The minimum atomic E-state index is 1.01. The average Bonchev–Trinajstić information content (AvgIpc) is 3.21. The normalized spacial score (nSPS) is 12.2. The van der Waals surface area contributed by atoms with Crippen molar-refractivity contribution in [3.8, 4) is 22.3 Å². The van der Waals surface area contributed by atoms with E-state index < -0.39 is 0 Å². The van der Waals surface area contributed by atoms with Gasteiger partial charge >= 0.3 is 0 Å². The minimum absolute atomic E-state index is 1.01. The summed E-state index contributed by atoms with van der Waals surface area (Å²) in [5.74, 6) is 0. The first-order chi connectivity index (χ1) is 25.3. The van der Waals surface area contributed by atoms with Gasteiger partial charge in [-0.1, -0.05) is 127 Å². The van der Waals surface area contributed by atoms with Crippen molar-refractivity contribution in [1.82, 2.24) is 0 Å². The summed E-state index contributed by atoms with van der Waals surface area (Å²) in [4.78, 5) is 2.34. The van der Waals surface area contributed by atoms with Crippen molar-refractivity contribution in [3.63, 3.8) is 0 Å². The summed E-state index contributed by atoms with van der Waals surface area (Å²) >= 11 is 0. The maximum atomic E-state index is 3.64. The number of para-hydroxylation sites is 2. The molecule has 51 heavy (non-hydrogen) atoms. The number of benzene rings is 7. The summed E-state index contributed by atoms with van der Waals surface area (Å²) in [6.45, 7) is 0. The van der Waals surface area contributed by atoms with E-state index >= 15 is 0 Å². The van der Waals surface area contributed by atoms with E-state index in [4.69, 9.17) is 0 Å². The van der Waals surface area contributed by atoms with E-state index in [0.29, 0.717) is 0 Å². The highest BCUT2D eigenvalue weighted by atomic mass is 15.1. The summed E-state index contributed by atoms with van der Waals surface area (Å²) < 4.78 is 0. The Hall–Kier alpha value is -6.58. The summed E-state index contributed by atoms with van der Waals surface area (Å²) in [7, 11) is 0. The number of hydrogen-bond donors (Lipinski definition) is 2. The smallest absolute Gasteiger partial charge is 0.0629 e. The Morgan fingerprint density at radius 1 is 0.373 bits per heavy atom. The summed E-state index contributed by atoms with van der Waals surface area (Å²) in [5.41, 5.74) is 14.7. The zero-order valence-electron chi connectivity index (χ0n) is 28.4. The lowest BCUT2D eigenvalue weighted by Crippen LogP contribution is -2.10. The molecule has 1 aliphatic rings. The Morgan fingerprint density at radius 2 is 0.824 bits per heavy atom. The van der Waals surface area contributed by atoms with Gasteiger partial charge in [-0.25, -0.2) is 0 Å². The highest BCUT2D eigenvalue weighted by molar-refractivity contribution is 5.85. The molecule has 3 heteroatoms. The van der Waals surface area contributed by atoms with Crippen LogP contribution in [0.2, 0.25) is 0 Å². The molecule has 3 nitrogen and oxygen atoms in total. The predicted octanol–water partition coefficient (Wildman–Crippen LogP) is 13.7. The van der Waals surface area contributed by atoms with Gasteiger partial charge in [-0.3, -0.25) is 0 Å². The maximum absolute atomic E-state index is 3.64.